The van der Waals surface area contributed by atoms with Gasteiger partial charge in [0.1, 0.15) is 5.75 Å². The van der Waals surface area contributed by atoms with E-state index in [2.05, 4.69) is 4.74 Å². The van der Waals surface area contributed by atoms with E-state index in [1.165, 1.54) is 13.2 Å². The van der Waals surface area contributed by atoms with Crippen molar-refractivity contribution in [2.75, 3.05) is 7.11 Å². The van der Waals surface area contributed by atoms with E-state index in [0.717, 1.165) is 12.1 Å². The molecule has 1 aromatic carbocycles. The van der Waals surface area contributed by atoms with Crippen molar-refractivity contribution in [1.29, 1.82) is 0 Å². The van der Waals surface area contributed by atoms with Gasteiger partial charge in [0.2, 0.25) is 0 Å². The van der Waals surface area contributed by atoms with Crippen LogP contribution in [-0.2, 0) is 6.18 Å². The van der Waals surface area contributed by atoms with Crippen LogP contribution in [0.1, 0.15) is 30.0 Å². The molecule has 1 aromatic rings. The van der Waals surface area contributed by atoms with Crippen molar-refractivity contribution in [2.45, 2.75) is 31.2 Å². The summed E-state index contributed by atoms with van der Waals surface area (Å²) < 4.78 is 79.5. The van der Waals surface area contributed by atoms with Gasteiger partial charge in [-0.2, -0.15) is 26.3 Å². The Kier molecular flexibility index (Phi) is 6.82. The fourth-order valence-electron chi connectivity index (χ4n) is 1.71. The second-order valence-electron chi connectivity index (χ2n) is 4.21. The summed E-state index contributed by atoms with van der Waals surface area (Å²) in [5.74, 6) is -0.0379. The molecule has 2 nitrogen and oxygen atoms in total. The molecule has 0 heterocycles. The Morgan fingerprint density at radius 3 is 2.14 bits per heavy atom. The molecule has 0 aliphatic heterocycles. The fourth-order valence-corrected chi connectivity index (χ4v) is 1.71. The van der Waals surface area contributed by atoms with Gasteiger partial charge in [-0.25, -0.2) is 0 Å². The molecule has 0 bridgehead atoms. The van der Waals surface area contributed by atoms with Crippen LogP contribution >= 0.6 is 12.4 Å². The number of hydrogen-bond acceptors (Lipinski definition) is 2. The monoisotopic (exact) mass is 337 g/mol. The van der Waals surface area contributed by atoms with Gasteiger partial charge in [0, 0.05) is 12.5 Å². The van der Waals surface area contributed by atoms with Crippen LogP contribution < -0.4 is 10.5 Å². The maximum absolute atomic E-state index is 12.9. The molecule has 1 rings (SSSR count). The first-order chi connectivity index (χ1) is 9.04. The van der Waals surface area contributed by atoms with Crippen LogP contribution in [0.2, 0.25) is 0 Å². The first-order valence-corrected chi connectivity index (χ1v) is 5.62. The topological polar surface area (TPSA) is 35.2 Å². The molecule has 0 saturated carbocycles. The van der Waals surface area contributed by atoms with Crippen LogP contribution in [0.25, 0.3) is 0 Å². The molecule has 122 valence electrons. The van der Waals surface area contributed by atoms with Gasteiger partial charge in [0.05, 0.1) is 12.7 Å². The van der Waals surface area contributed by atoms with Crippen LogP contribution in [0.5, 0.6) is 5.75 Å². The zero-order valence-corrected chi connectivity index (χ0v) is 11.7. The van der Waals surface area contributed by atoms with Crippen LogP contribution in [-0.4, -0.2) is 13.3 Å². The van der Waals surface area contributed by atoms with E-state index >= 15 is 0 Å². The first kappa shape index (κ1) is 19.9. The van der Waals surface area contributed by atoms with Crippen molar-refractivity contribution in [3.05, 3.63) is 29.3 Å². The van der Waals surface area contributed by atoms with Gasteiger partial charge in [0.25, 0.3) is 0 Å². The summed E-state index contributed by atoms with van der Waals surface area (Å²) in [7, 11) is 1.19. The highest BCUT2D eigenvalue weighted by molar-refractivity contribution is 5.85. The highest BCUT2D eigenvalue weighted by Gasteiger charge is 2.36. The largest absolute Gasteiger partial charge is 0.497 e. The molecule has 1 atom stereocenters. The summed E-state index contributed by atoms with van der Waals surface area (Å²) in [5, 5.41) is 0. The molecule has 0 aromatic heterocycles. The maximum Gasteiger partial charge on any atom is 0.416 e. The van der Waals surface area contributed by atoms with Crippen LogP contribution in [0.4, 0.5) is 26.3 Å². The van der Waals surface area contributed by atoms with E-state index < -0.39 is 36.8 Å². The minimum absolute atomic E-state index is 0. The summed E-state index contributed by atoms with van der Waals surface area (Å²) in [4.78, 5) is 0. The molecule has 0 fully saturated rings. The van der Waals surface area contributed by atoms with Crippen molar-refractivity contribution in [3.63, 3.8) is 0 Å². The predicted octanol–water partition coefficient (Wildman–Crippen LogP) is 4.48. The fraction of sp³-hybridized carbons (Fsp3) is 0.500. The molecule has 0 spiro atoms. The zero-order valence-electron chi connectivity index (χ0n) is 10.9. The van der Waals surface area contributed by atoms with Gasteiger partial charge in [-0.3, -0.25) is 0 Å². The molecule has 9 heteroatoms. The summed E-state index contributed by atoms with van der Waals surface area (Å²) in [6.45, 7) is 0. The Morgan fingerprint density at radius 2 is 1.71 bits per heavy atom. The lowest BCUT2D eigenvalue weighted by atomic mass is 9.96. The van der Waals surface area contributed by atoms with Crippen LogP contribution in [0.15, 0.2) is 18.2 Å². The zero-order chi connectivity index (χ0) is 15.6. The Labute approximate surface area is 123 Å². The standard InChI is InChI=1S/C12H13F6NO.ClH/c1-20-7-2-3-8(9(6-7)12(16,17)18)10(19)4-5-11(13,14)15;/h2-3,6,10H,4-5,19H2,1H3;1H/t10-;/m0./s1. The minimum Gasteiger partial charge on any atom is -0.497 e. The smallest absolute Gasteiger partial charge is 0.416 e. The SMILES string of the molecule is COc1ccc([C@@H](N)CCC(F)(F)F)c(C(F)(F)F)c1.Cl. The quantitative estimate of drug-likeness (QED) is 0.822. The summed E-state index contributed by atoms with van der Waals surface area (Å²) in [6.07, 6.45) is -11.0. The Balaban J connectivity index is 0.00000400. The number of ether oxygens (including phenoxy) is 1. The molecule has 0 unspecified atom stereocenters. The van der Waals surface area contributed by atoms with Gasteiger partial charge >= 0.3 is 12.4 Å². The van der Waals surface area contributed by atoms with E-state index in [0.29, 0.717) is 0 Å². The van der Waals surface area contributed by atoms with Crippen molar-refractivity contribution >= 4 is 12.4 Å². The minimum atomic E-state index is -4.71. The molecule has 0 saturated heterocycles. The molecule has 0 aliphatic carbocycles. The summed E-state index contributed by atoms with van der Waals surface area (Å²) >= 11 is 0. The lowest BCUT2D eigenvalue weighted by Gasteiger charge is -2.19. The Morgan fingerprint density at radius 1 is 1.14 bits per heavy atom. The molecule has 2 N–H and O–H groups in total. The number of halogens is 7. The lowest BCUT2D eigenvalue weighted by molar-refractivity contribution is -0.139. The van der Waals surface area contributed by atoms with Gasteiger partial charge in [-0.15, -0.1) is 12.4 Å². The van der Waals surface area contributed by atoms with E-state index in [9.17, 15) is 26.3 Å². The van der Waals surface area contributed by atoms with Crippen molar-refractivity contribution in [1.82, 2.24) is 0 Å². The van der Waals surface area contributed by atoms with Crippen molar-refractivity contribution in [3.8, 4) is 5.75 Å². The number of methoxy groups -OCH3 is 1. The molecule has 21 heavy (non-hydrogen) atoms. The predicted molar refractivity (Wildman–Crippen MR) is 67.5 cm³/mol. The van der Waals surface area contributed by atoms with E-state index in [1.807, 2.05) is 0 Å². The van der Waals surface area contributed by atoms with Crippen LogP contribution in [0.3, 0.4) is 0 Å². The third-order valence-corrected chi connectivity index (χ3v) is 2.70. The molecular formula is C12H14ClF6NO. The van der Waals surface area contributed by atoms with Gasteiger partial charge in [0.15, 0.2) is 0 Å². The Bertz CT molecular complexity index is 460. The molecule has 0 aliphatic rings. The number of rotatable bonds is 4. The van der Waals surface area contributed by atoms with E-state index in [-0.39, 0.29) is 23.7 Å². The summed E-state index contributed by atoms with van der Waals surface area (Å²) in [6, 6.07) is 1.66. The van der Waals surface area contributed by atoms with E-state index in [4.69, 9.17) is 5.73 Å². The second-order valence-corrected chi connectivity index (χ2v) is 4.21. The van der Waals surface area contributed by atoms with E-state index in [1.54, 1.807) is 0 Å². The normalized spacial score (nSPS) is 13.5. The molecule has 0 radical (unpaired) electrons. The number of hydrogen-bond donors (Lipinski definition) is 1. The molecular weight excluding hydrogens is 324 g/mol. The highest BCUT2D eigenvalue weighted by atomic mass is 35.5. The van der Waals surface area contributed by atoms with Crippen molar-refractivity contribution in [2.24, 2.45) is 5.73 Å². The highest BCUT2D eigenvalue weighted by Crippen LogP contribution is 2.38. The number of benzene rings is 1. The van der Waals surface area contributed by atoms with Gasteiger partial charge in [-0.1, -0.05) is 6.07 Å². The second kappa shape index (κ2) is 7.22. The third kappa shape index (κ3) is 6.01. The third-order valence-electron chi connectivity index (χ3n) is 2.70. The van der Waals surface area contributed by atoms with Crippen LogP contribution in [0, 0.1) is 0 Å². The first-order valence-electron chi connectivity index (χ1n) is 5.62. The lowest BCUT2D eigenvalue weighted by Crippen LogP contribution is -2.20. The average molecular weight is 338 g/mol. The van der Waals surface area contributed by atoms with Crippen molar-refractivity contribution < 1.29 is 31.1 Å². The maximum atomic E-state index is 12.9. The average Bonchev–Trinajstić information content (AvgIpc) is 2.33. The Hall–Kier alpha value is -1.15. The van der Waals surface area contributed by atoms with Gasteiger partial charge in [-0.05, 0) is 24.1 Å². The number of alkyl halides is 6. The molecule has 0 amide bonds. The summed E-state index contributed by atoms with van der Waals surface area (Å²) in [5.41, 5.74) is 4.00. The number of nitrogens with two attached hydrogens (primary N) is 1. The van der Waals surface area contributed by atoms with Gasteiger partial charge < -0.3 is 10.5 Å².